The highest BCUT2D eigenvalue weighted by Crippen LogP contribution is 2.24. The molecule has 0 aliphatic heterocycles. The first-order chi connectivity index (χ1) is 10.1. The van der Waals surface area contributed by atoms with Gasteiger partial charge in [-0.25, -0.2) is 4.98 Å². The maximum Gasteiger partial charge on any atom is 0.270 e. The normalized spacial score (nSPS) is 10.0. The fourth-order valence-electron chi connectivity index (χ4n) is 1.80. The van der Waals surface area contributed by atoms with E-state index in [1.807, 2.05) is 0 Å². The molecule has 0 saturated heterocycles. The van der Waals surface area contributed by atoms with Crippen LogP contribution in [0.2, 0.25) is 0 Å². The van der Waals surface area contributed by atoms with Crippen LogP contribution in [0.25, 0.3) is 0 Å². The van der Waals surface area contributed by atoms with Crippen LogP contribution < -0.4 is 14.8 Å². The van der Waals surface area contributed by atoms with Gasteiger partial charge in [-0.15, -0.1) is 0 Å². The van der Waals surface area contributed by atoms with Gasteiger partial charge >= 0.3 is 0 Å². The van der Waals surface area contributed by atoms with E-state index < -0.39 is 11.9 Å². The number of hydrogen-bond acceptors (Lipinski definition) is 4. The van der Waals surface area contributed by atoms with Gasteiger partial charge in [-0.3, -0.25) is 4.79 Å². The summed E-state index contributed by atoms with van der Waals surface area (Å²) in [5, 5.41) is 2.67. The van der Waals surface area contributed by atoms with Gasteiger partial charge in [-0.2, -0.15) is 4.39 Å². The van der Waals surface area contributed by atoms with Crippen molar-refractivity contribution in [1.29, 1.82) is 0 Å². The summed E-state index contributed by atoms with van der Waals surface area (Å²) >= 11 is 0. The molecule has 5 nitrogen and oxygen atoms in total. The van der Waals surface area contributed by atoms with Crippen LogP contribution in [0.5, 0.6) is 11.5 Å². The van der Waals surface area contributed by atoms with E-state index in [0.717, 1.165) is 5.56 Å². The van der Waals surface area contributed by atoms with E-state index in [-0.39, 0.29) is 12.2 Å². The molecule has 2 aromatic rings. The van der Waals surface area contributed by atoms with Crippen LogP contribution in [0, 0.1) is 5.95 Å². The molecule has 0 unspecified atom stereocenters. The summed E-state index contributed by atoms with van der Waals surface area (Å²) in [6, 6.07) is 9.35. The number of halogens is 1. The maximum absolute atomic E-state index is 13.0. The van der Waals surface area contributed by atoms with Gasteiger partial charge < -0.3 is 14.8 Å². The van der Waals surface area contributed by atoms with Crippen molar-refractivity contribution < 1.29 is 18.7 Å². The van der Waals surface area contributed by atoms with Crippen LogP contribution in [-0.4, -0.2) is 25.1 Å². The number of aromatic nitrogens is 1. The molecule has 1 aromatic heterocycles. The van der Waals surface area contributed by atoms with E-state index in [2.05, 4.69) is 10.3 Å². The van der Waals surface area contributed by atoms with Gasteiger partial charge in [0.15, 0.2) is 0 Å². The summed E-state index contributed by atoms with van der Waals surface area (Å²) < 4.78 is 23.3. The lowest BCUT2D eigenvalue weighted by atomic mass is 10.2. The Labute approximate surface area is 121 Å². The predicted molar refractivity (Wildman–Crippen MR) is 74.9 cm³/mol. The van der Waals surface area contributed by atoms with E-state index >= 15 is 0 Å². The minimum atomic E-state index is -0.690. The number of rotatable bonds is 5. The first kappa shape index (κ1) is 14.8. The Bertz CT molecular complexity index is 647. The molecule has 0 bridgehead atoms. The number of ether oxygens (including phenoxy) is 2. The summed E-state index contributed by atoms with van der Waals surface area (Å²) in [4.78, 5) is 15.4. The summed E-state index contributed by atoms with van der Waals surface area (Å²) in [6.07, 6.45) is 0. The van der Waals surface area contributed by atoms with Gasteiger partial charge in [0.1, 0.15) is 17.2 Å². The molecule has 0 radical (unpaired) electrons. The van der Waals surface area contributed by atoms with Gasteiger partial charge in [0.05, 0.1) is 14.2 Å². The second kappa shape index (κ2) is 6.69. The smallest absolute Gasteiger partial charge is 0.270 e. The van der Waals surface area contributed by atoms with Gasteiger partial charge in [-0.1, -0.05) is 6.07 Å². The third-order valence-electron chi connectivity index (χ3n) is 2.88. The van der Waals surface area contributed by atoms with E-state index in [4.69, 9.17) is 9.47 Å². The number of methoxy groups -OCH3 is 2. The van der Waals surface area contributed by atoms with E-state index in [9.17, 15) is 9.18 Å². The molecule has 1 N–H and O–H groups in total. The van der Waals surface area contributed by atoms with Crippen LogP contribution in [-0.2, 0) is 6.54 Å². The fourth-order valence-corrected chi connectivity index (χ4v) is 1.80. The van der Waals surface area contributed by atoms with Crippen molar-refractivity contribution in [3.8, 4) is 11.5 Å². The largest absolute Gasteiger partial charge is 0.497 e. The quantitative estimate of drug-likeness (QED) is 0.857. The Morgan fingerprint density at radius 3 is 2.71 bits per heavy atom. The van der Waals surface area contributed by atoms with Crippen molar-refractivity contribution in [2.75, 3.05) is 14.2 Å². The first-order valence-electron chi connectivity index (χ1n) is 6.25. The molecular weight excluding hydrogens is 275 g/mol. The van der Waals surface area contributed by atoms with Crippen LogP contribution in [0.1, 0.15) is 16.1 Å². The number of carbonyl (C=O) groups excluding carboxylic acids is 1. The predicted octanol–water partition coefficient (Wildman–Crippen LogP) is 2.17. The molecule has 1 amide bonds. The third kappa shape index (κ3) is 3.68. The van der Waals surface area contributed by atoms with Crippen LogP contribution >= 0.6 is 0 Å². The van der Waals surface area contributed by atoms with E-state index in [1.54, 1.807) is 25.3 Å². The van der Waals surface area contributed by atoms with Gasteiger partial charge in [0, 0.05) is 18.2 Å². The zero-order chi connectivity index (χ0) is 15.2. The Kier molecular flexibility index (Phi) is 4.71. The Hall–Kier alpha value is -2.63. The first-order valence-corrected chi connectivity index (χ1v) is 6.25. The second-order valence-electron chi connectivity index (χ2n) is 4.21. The molecule has 110 valence electrons. The number of benzene rings is 1. The van der Waals surface area contributed by atoms with Crippen molar-refractivity contribution in [2.24, 2.45) is 0 Å². The minimum Gasteiger partial charge on any atom is -0.497 e. The number of hydrogen-bond donors (Lipinski definition) is 1. The van der Waals surface area contributed by atoms with Crippen LogP contribution in [0.15, 0.2) is 36.4 Å². The molecule has 6 heteroatoms. The summed E-state index contributed by atoms with van der Waals surface area (Å²) in [7, 11) is 3.10. The lowest BCUT2D eigenvalue weighted by Gasteiger charge is -2.11. The van der Waals surface area contributed by atoms with Crippen LogP contribution in [0.3, 0.4) is 0 Å². The van der Waals surface area contributed by atoms with Gasteiger partial charge in [0.25, 0.3) is 5.91 Å². The molecule has 0 spiro atoms. The summed E-state index contributed by atoms with van der Waals surface area (Å²) in [6.45, 7) is 0.240. The molecule has 0 fully saturated rings. The number of pyridine rings is 1. The van der Waals surface area contributed by atoms with Crippen molar-refractivity contribution in [1.82, 2.24) is 10.3 Å². The highest BCUT2D eigenvalue weighted by atomic mass is 19.1. The molecule has 1 heterocycles. The Balaban J connectivity index is 2.07. The van der Waals surface area contributed by atoms with Gasteiger partial charge in [-0.05, 0) is 24.3 Å². The van der Waals surface area contributed by atoms with E-state index in [0.29, 0.717) is 11.5 Å². The third-order valence-corrected chi connectivity index (χ3v) is 2.88. The maximum atomic E-state index is 13.0. The molecule has 21 heavy (non-hydrogen) atoms. The Morgan fingerprint density at radius 2 is 2.05 bits per heavy atom. The fraction of sp³-hybridized carbons (Fsp3) is 0.200. The SMILES string of the molecule is COc1ccc(CNC(=O)c2cccc(F)n2)c(OC)c1. The molecule has 0 saturated carbocycles. The van der Waals surface area contributed by atoms with Crippen molar-refractivity contribution in [3.63, 3.8) is 0 Å². The summed E-state index contributed by atoms with van der Waals surface area (Å²) in [5.74, 6) is 0.118. The molecule has 0 aliphatic carbocycles. The lowest BCUT2D eigenvalue weighted by Crippen LogP contribution is -2.24. The van der Waals surface area contributed by atoms with Crippen molar-refractivity contribution in [3.05, 3.63) is 53.6 Å². The average Bonchev–Trinajstić information content (AvgIpc) is 2.52. The minimum absolute atomic E-state index is 0.0301. The Morgan fingerprint density at radius 1 is 1.24 bits per heavy atom. The van der Waals surface area contributed by atoms with Gasteiger partial charge in [0.2, 0.25) is 5.95 Å². The highest BCUT2D eigenvalue weighted by molar-refractivity contribution is 5.92. The lowest BCUT2D eigenvalue weighted by molar-refractivity contribution is 0.0944. The number of nitrogens with zero attached hydrogens (tertiary/aromatic N) is 1. The molecule has 1 aromatic carbocycles. The number of nitrogens with one attached hydrogen (secondary N) is 1. The number of carbonyl (C=O) groups is 1. The monoisotopic (exact) mass is 290 g/mol. The van der Waals surface area contributed by atoms with Crippen molar-refractivity contribution in [2.45, 2.75) is 6.54 Å². The van der Waals surface area contributed by atoms with Crippen LogP contribution in [0.4, 0.5) is 4.39 Å². The zero-order valence-corrected chi connectivity index (χ0v) is 11.7. The van der Waals surface area contributed by atoms with E-state index in [1.165, 1.54) is 25.3 Å². The number of amides is 1. The topological polar surface area (TPSA) is 60.5 Å². The molecule has 0 atom stereocenters. The molecular formula is C15H15FN2O3. The average molecular weight is 290 g/mol. The molecule has 0 aliphatic rings. The highest BCUT2D eigenvalue weighted by Gasteiger charge is 2.10. The second-order valence-corrected chi connectivity index (χ2v) is 4.21. The summed E-state index contributed by atoms with van der Waals surface area (Å²) in [5.41, 5.74) is 0.811. The molecule has 2 rings (SSSR count). The zero-order valence-electron chi connectivity index (χ0n) is 11.7. The standard InChI is InChI=1S/C15H15FN2O3/c1-20-11-7-6-10(13(8-11)21-2)9-17-15(19)12-4-3-5-14(16)18-12/h3-8H,9H2,1-2H3,(H,17,19). The van der Waals surface area contributed by atoms with Crippen molar-refractivity contribution >= 4 is 5.91 Å².